The van der Waals surface area contributed by atoms with Crippen LogP contribution in [-0.2, 0) is 4.79 Å². The first kappa shape index (κ1) is 16.4. The van der Waals surface area contributed by atoms with E-state index in [4.69, 9.17) is 10.8 Å². The van der Waals surface area contributed by atoms with E-state index in [0.29, 0.717) is 12.5 Å². The van der Waals surface area contributed by atoms with Gasteiger partial charge in [0.15, 0.2) is 0 Å². The van der Waals surface area contributed by atoms with Crippen molar-refractivity contribution in [2.45, 2.75) is 77.4 Å². The molecule has 0 atom stereocenters. The van der Waals surface area contributed by atoms with Gasteiger partial charge in [0.1, 0.15) is 0 Å². The van der Waals surface area contributed by atoms with Crippen molar-refractivity contribution in [3.05, 3.63) is 0 Å². The molecule has 0 aromatic rings. The maximum Gasteiger partial charge on any atom is 0.303 e. The minimum Gasteiger partial charge on any atom is -0.481 e. The van der Waals surface area contributed by atoms with Crippen LogP contribution in [0.5, 0.6) is 0 Å². The van der Waals surface area contributed by atoms with Crippen LogP contribution in [0.2, 0.25) is 0 Å². The number of piperidine rings is 1. The molecule has 0 aliphatic carbocycles. The van der Waals surface area contributed by atoms with Gasteiger partial charge in [0, 0.05) is 23.5 Å². The third kappa shape index (κ3) is 8.16. The summed E-state index contributed by atoms with van der Waals surface area (Å²) in [7, 11) is 0. The van der Waals surface area contributed by atoms with Crippen molar-refractivity contribution >= 4 is 5.97 Å². The van der Waals surface area contributed by atoms with E-state index in [1.807, 2.05) is 6.92 Å². The van der Waals surface area contributed by atoms with Crippen molar-refractivity contribution in [2.75, 3.05) is 0 Å². The molecule has 1 saturated heterocycles. The van der Waals surface area contributed by atoms with Gasteiger partial charge < -0.3 is 16.2 Å². The Morgan fingerprint density at radius 3 is 1.88 bits per heavy atom. The fraction of sp³-hybridized carbons (Fsp3) is 0.923. The number of nitrogens with two attached hydrogens (primary N) is 1. The van der Waals surface area contributed by atoms with Crippen molar-refractivity contribution in [3.8, 4) is 0 Å². The van der Waals surface area contributed by atoms with Gasteiger partial charge in [-0.1, -0.05) is 6.92 Å². The van der Waals surface area contributed by atoms with E-state index >= 15 is 0 Å². The molecule has 1 aliphatic heterocycles. The van der Waals surface area contributed by atoms with Crippen LogP contribution in [0.1, 0.15) is 60.3 Å². The van der Waals surface area contributed by atoms with E-state index in [0.717, 1.165) is 19.3 Å². The van der Waals surface area contributed by atoms with Gasteiger partial charge in [-0.3, -0.25) is 4.79 Å². The third-order valence-electron chi connectivity index (χ3n) is 2.69. The number of carbonyl (C=O) groups is 1. The number of hydrogen-bond donors (Lipinski definition) is 3. The minimum absolute atomic E-state index is 0.209. The average Bonchev–Trinajstić information content (AvgIpc) is 1.95. The number of nitrogens with one attached hydrogen (secondary N) is 1. The summed E-state index contributed by atoms with van der Waals surface area (Å²) in [5.74, 6) is -0.711. The molecule has 0 aromatic heterocycles. The average molecular weight is 244 g/mol. The van der Waals surface area contributed by atoms with Gasteiger partial charge >= 0.3 is 5.97 Å². The van der Waals surface area contributed by atoms with E-state index in [9.17, 15) is 4.79 Å². The maximum absolute atomic E-state index is 9.60. The Bertz CT molecular complexity index is 234. The van der Waals surface area contributed by atoms with Crippen LogP contribution >= 0.6 is 0 Å². The molecule has 0 spiro atoms. The molecular formula is C13H28N2O2. The molecule has 102 valence electrons. The molecule has 0 radical (unpaired) electrons. The highest BCUT2D eigenvalue weighted by Gasteiger charge is 2.35. The topological polar surface area (TPSA) is 75.3 Å². The van der Waals surface area contributed by atoms with Crippen LogP contribution < -0.4 is 11.1 Å². The molecular weight excluding hydrogens is 216 g/mol. The Labute approximate surface area is 105 Å². The zero-order valence-corrected chi connectivity index (χ0v) is 11.8. The Kier molecular flexibility index (Phi) is 6.13. The van der Waals surface area contributed by atoms with Crippen molar-refractivity contribution in [1.82, 2.24) is 5.32 Å². The second kappa shape index (κ2) is 6.36. The molecule has 1 fully saturated rings. The lowest BCUT2D eigenvalue weighted by atomic mass is 9.80. The van der Waals surface area contributed by atoms with Crippen LogP contribution in [0.3, 0.4) is 0 Å². The Morgan fingerprint density at radius 1 is 1.29 bits per heavy atom. The SMILES string of the molecule is CC1(C)CC(N)CC(C)(C)N1.CCCC(=O)O. The fourth-order valence-corrected chi connectivity index (χ4v) is 2.62. The van der Waals surface area contributed by atoms with Gasteiger partial charge in [-0.05, 0) is 47.0 Å². The van der Waals surface area contributed by atoms with Crippen molar-refractivity contribution in [3.63, 3.8) is 0 Å². The molecule has 1 heterocycles. The minimum atomic E-state index is -0.711. The summed E-state index contributed by atoms with van der Waals surface area (Å²) in [6.45, 7) is 10.7. The molecule has 1 rings (SSSR count). The summed E-state index contributed by atoms with van der Waals surface area (Å²) in [6.07, 6.45) is 3.18. The first-order valence-electron chi connectivity index (χ1n) is 6.35. The van der Waals surface area contributed by atoms with E-state index in [1.165, 1.54) is 0 Å². The molecule has 0 aromatic carbocycles. The first-order chi connectivity index (χ1) is 7.58. The number of rotatable bonds is 2. The van der Waals surface area contributed by atoms with Crippen LogP contribution in [0.4, 0.5) is 0 Å². The summed E-state index contributed by atoms with van der Waals surface area (Å²) in [5, 5.41) is 11.5. The smallest absolute Gasteiger partial charge is 0.303 e. The predicted octanol–water partition coefficient (Wildman–Crippen LogP) is 2.13. The number of aliphatic carboxylic acids is 1. The first-order valence-corrected chi connectivity index (χ1v) is 6.35. The van der Waals surface area contributed by atoms with Gasteiger partial charge in [0.05, 0.1) is 0 Å². The Morgan fingerprint density at radius 2 is 1.71 bits per heavy atom. The predicted molar refractivity (Wildman–Crippen MR) is 71.0 cm³/mol. The van der Waals surface area contributed by atoms with E-state index in [1.54, 1.807) is 0 Å². The van der Waals surface area contributed by atoms with E-state index in [-0.39, 0.29) is 11.1 Å². The Balaban J connectivity index is 0.000000366. The van der Waals surface area contributed by atoms with Crippen LogP contribution in [-0.4, -0.2) is 28.2 Å². The van der Waals surface area contributed by atoms with Crippen molar-refractivity contribution < 1.29 is 9.90 Å². The zero-order valence-electron chi connectivity index (χ0n) is 11.8. The number of carboxylic acid groups (broad SMARTS) is 1. The third-order valence-corrected chi connectivity index (χ3v) is 2.69. The highest BCUT2D eigenvalue weighted by atomic mass is 16.4. The van der Waals surface area contributed by atoms with Crippen molar-refractivity contribution in [2.24, 2.45) is 5.73 Å². The van der Waals surface area contributed by atoms with Gasteiger partial charge in [-0.15, -0.1) is 0 Å². The molecule has 0 saturated carbocycles. The molecule has 0 unspecified atom stereocenters. The van der Waals surface area contributed by atoms with Gasteiger partial charge in [0.2, 0.25) is 0 Å². The summed E-state index contributed by atoms with van der Waals surface area (Å²) in [6, 6.07) is 0.362. The van der Waals surface area contributed by atoms with Crippen LogP contribution in [0.15, 0.2) is 0 Å². The second-order valence-electron chi connectivity index (χ2n) is 6.20. The molecule has 1 aliphatic rings. The Hall–Kier alpha value is -0.610. The summed E-state index contributed by atoms with van der Waals surface area (Å²) >= 11 is 0. The fourth-order valence-electron chi connectivity index (χ4n) is 2.62. The lowest BCUT2D eigenvalue weighted by Gasteiger charge is -2.45. The molecule has 0 bridgehead atoms. The van der Waals surface area contributed by atoms with E-state index < -0.39 is 5.97 Å². The number of hydrogen-bond acceptors (Lipinski definition) is 3. The molecule has 17 heavy (non-hydrogen) atoms. The van der Waals surface area contributed by atoms with Crippen molar-refractivity contribution in [1.29, 1.82) is 0 Å². The van der Waals surface area contributed by atoms with Crippen LogP contribution in [0, 0.1) is 0 Å². The van der Waals surface area contributed by atoms with Gasteiger partial charge in [-0.2, -0.15) is 0 Å². The van der Waals surface area contributed by atoms with Crippen LogP contribution in [0.25, 0.3) is 0 Å². The molecule has 0 amide bonds. The van der Waals surface area contributed by atoms with Gasteiger partial charge in [0.25, 0.3) is 0 Å². The second-order valence-corrected chi connectivity index (χ2v) is 6.20. The monoisotopic (exact) mass is 244 g/mol. The largest absolute Gasteiger partial charge is 0.481 e. The quantitative estimate of drug-likeness (QED) is 0.695. The molecule has 4 heteroatoms. The van der Waals surface area contributed by atoms with Gasteiger partial charge in [-0.25, -0.2) is 0 Å². The molecule has 4 nitrogen and oxygen atoms in total. The highest BCUT2D eigenvalue weighted by molar-refractivity contribution is 5.66. The standard InChI is InChI=1S/C9H20N2.C4H8O2/c1-8(2)5-7(10)6-9(3,4)11-8;1-2-3-4(5)6/h7,11H,5-6,10H2,1-4H3;2-3H2,1H3,(H,5,6). The molecule has 4 N–H and O–H groups in total. The zero-order chi connectivity index (χ0) is 13.7. The maximum atomic E-state index is 9.60. The lowest BCUT2D eigenvalue weighted by molar-refractivity contribution is -0.137. The summed E-state index contributed by atoms with van der Waals surface area (Å²) in [4.78, 5) is 9.60. The normalized spacial score (nSPS) is 22.5. The van der Waals surface area contributed by atoms with E-state index in [2.05, 4.69) is 33.0 Å². The number of carboxylic acids is 1. The summed E-state index contributed by atoms with van der Waals surface area (Å²) in [5.41, 5.74) is 6.36. The lowest BCUT2D eigenvalue weighted by Crippen LogP contribution is -2.60. The highest BCUT2D eigenvalue weighted by Crippen LogP contribution is 2.26. The summed E-state index contributed by atoms with van der Waals surface area (Å²) < 4.78 is 0.